The Morgan fingerprint density at radius 1 is 0.905 bits per heavy atom. The van der Waals surface area contributed by atoms with Crippen LogP contribution in [-0.4, -0.2) is 105 Å². The molecule has 0 aliphatic carbocycles. The van der Waals surface area contributed by atoms with Gasteiger partial charge in [-0.3, -0.25) is 0 Å². The van der Waals surface area contributed by atoms with E-state index in [9.17, 15) is 0 Å². The number of anilines is 1. The van der Waals surface area contributed by atoms with Crippen LogP contribution in [0.15, 0.2) is 42.5 Å². The van der Waals surface area contributed by atoms with Crippen molar-refractivity contribution in [2.45, 2.75) is 50.6 Å². The monoisotopic (exact) mass is 586 g/mol. The third-order valence-corrected chi connectivity index (χ3v) is 7.99. The number of hydrogen-bond donors (Lipinski definition) is 1. The molecule has 0 radical (unpaired) electrons. The zero-order valence-electron chi connectivity index (χ0n) is 25.8. The second-order valence-corrected chi connectivity index (χ2v) is 11.0. The van der Waals surface area contributed by atoms with Crippen LogP contribution in [0.4, 0.5) is 5.69 Å². The van der Waals surface area contributed by atoms with Gasteiger partial charge in [0.2, 0.25) is 0 Å². The van der Waals surface area contributed by atoms with Crippen molar-refractivity contribution in [1.82, 2.24) is 5.32 Å². The van der Waals surface area contributed by atoms with E-state index in [4.69, 9.17) is 33.2 Å². The van der Waals surface area contributed by atoms with Gasteiger partial charge in [0.05, 0.1) is 63.6 Å². The maximum absolute atomic E-state index is 6.62. The lowest BCUT2D eigenvalue weighted by molar-refractivity contribution is -0.0761. The first-order chi connectivity index (χ1) is 20.6. The molecule has 0 saturated carbocycles. The van der Waals surface area contributed by atoms with E-state index in [0.29, 0.717) is 39.6 Å². The fraction of sp³-hybridized carbons (Fsp3) is 0.636. The number of ether oxygens (including phenoxy) is 7. The molecule has 2 aromatic carbocycles. The van der Waals surface area contributed by atoms with E-state index in [0.717, 1.165) is 56.9 Å². The van der Waals surface area contributed by atoms with Crippen molar-refractivity contribution < 1.29 is 33.2 Å². The Morgan fingerprint density at radius 2 is 1.67 bits per heavy atom. The van der Waals surface area contributed by atoms with E-state index < -0.39 is 0 Å². The van der Waals surface area contributed by atoms with E-state index in [1.807, 2.05) is 6.92 Å². The Balaban J connectivity index is 1.40. The lowest BCUT2D eigenvalue weighted by Gasteiger charge is -2.39. The van der Waals surface area contributed by atoms with Crippen molar-refractivity contribution in [1.29, 1.82) is 0 Å². The minimum atomic E-state index is -0.0216. The SMILES string of the molecule is COCCCN1CCOc2ccc(CCO[C@H]3CNC[C@@H](OC[C@@H](C)OC)[C@@H]3c3ccc(COCCOC)cc3)cc21. The van der Waals surface area contributed by atoms with Crippen molar-refractivity contribution in [2.24, 2.45) is 0 Å². The normalized spacial score (nSPS) is 21.1. The van der Waals surface area contributed by atoms with E-state index in [-0.39, 0.29) is 24.2 Å². The van der Waals surface area contributed by atoms with Crippen LogP contribution in [0.2, 0.25) is 0 Å². The molecule has 0 bridgehead atoms. The first-order valence-corrected chi connectivity index (χ1v) is 15.2. The van der Waals surface area contributed by atoms with Gasteiger partial charge in [-0.2, -0.15) is 0 Å². The predicted octanol–water partition coefficient (Wildman–Crippen LogP) is 3.82. The van der Waals surface area contributed by atoms with Gasteiger partial charge in [0, 0.05) is 53.5 Å². The molecule has 42 heavy (non-hydrogen) atoms. The van der Waals surface area contributed by atoms with Crippen LogP contribution in [0.3, 0.4) is 0 Å². The summed E-state index contributed by atoms with van der Waals surface area (Å²) in [6.45, 7) is 9.81. The molecule has 1 fully saturated rings. The molecule has 9 nitrogen and oxygen atoms in total. The summed E-state index contributed by atoms with van der Waals surface area (Å²) < 4.78 is 40.4. The second-order valence-electron chi connectivity index (χ2n) is 11.0. The molecular weight excluding hydrogens is 536 g/mol. The quantitative estimate of drug-likeness (QED) is 0.262. The molecule has 0 unspecified atom stereocenters. The number of hydrogen-bond acceptors (Lipinski definition) is 9. The van der Waals surface area contributed by atoms with Gasteiger partial charge in [-0.25, -0.2) is 0 Å². The third-order valence-electron chi connectivity index (χ3n) is 7.99. The molecule has 1 N–H and O–H groups in total. The fourth-order valence-electron chi connectivity index (χ4n) is 5.55. The molecule has 234 valence electrons. The van der Waals surface area contributed by atoms with Crippen LogP contribution in [0.1, 0.15) is 36.0 Å². The summed E-state index contributed by atoms with van der Waals surface area (Å²) in [5, 5.41) is 3.54. The lowest BCUT2D eigenvalue weighted by Crippen LogP contribution is -2.51. The molecule has 4 rings (SSSR count). The largest absolute Gasteiger partial charge is 0.490 e. The second kappa shape index (κ2) is 17.8. The molecule has 9 heteroatoms. The summed E-state index contributed by atoms with van der Waals surface area (Å²) in [6.07, 6.45) is 1.81. The lowest BCUT2D eigenvalue weighted by atomic mass is 9.85. The maximum atomic E-state index is 6.62. The summed E-state index contributed by atoms with van der Waals surface area (Å²) in [5.41, 5.74) is 4.77. The Morgan fingerprint density at radius 3 is 2.43 bits per heavy atom. The van der Waals surface area contributed by atoms with Gasteiger partial charge in [-0.15, -0.1) is 0 Å². The Kier molecular flexibility index (Phi) is 13.8. The van der Waals surface area contributed by atoms with Crippen LogP contribution in [0.25, 0.3) is 0 Å². The standard InChI is InChI=1S/C33H50N2O7/c1-25(38-4)23-42-32-22-34-21-31(33(32)28-9-6-27(7-10-28)24-39-19-18-37-3)40-16-12-26-8-11-30-29(20-26)35(14-17-41-30)13-5-15-36-2/h6-11,20,25,31-34H,5,12-19,21-24H2,1-4H3/t25-,31+,32-,33-/m1/s1. The summed E-state index contributed by atoms with van der Waals surface area (Å²) in [5.74, 6) is 1.06. The summed E-state index contributed by atoms with van der Waals surface area (Å²) in [6, 6.07) is 15.2. The van der Waals surface area contributed by atoms with Crippen molar-refractivity contribution in [2.75, 3.05) is 92.0 Å². The van der Waals surface area contributed by atoms with Crippen molar-refractivity contribution in [3.63, 3.8) is 0 Å². The van der Waals surface area contributed by atoms with Gasteiger partial charge in [0.1, 0.15) is 12.4 Å². The zero-order chi connectivity index (χ0) is 29.6. The minimum absolute atomic E-state index is 0.0168. The number of nitrogens with zero attached hydrogens (tertiary/aromatic N) is 1. The van der Waals surface area contributed by atoms with Gasteiger partial charge < -0.3 is 43.4 Å². The Labute approximate surface area is 251 Å². The van der Waals surface area contributed by atoms with Crippen molar-refractivity contribution in [3.05, 3.63) is 59.2 Å². The van der Waals surface area contributed by atoms with E-state index in [1.54, 1.807) is 21.3 Å². The van der Waals surface area contributed by atoms with E-state index in [2.05, 4.69) is 52.7 Å². The highest BCUT2D eigenvalue weighted by Gasteiger charge is 2.36. The van der Waals surface area contributed by atoms with Gasteiger partial charge >= 0.3 is 0 Å². The summed E-state index contributed by atoms with van der Waals surface area (Å²) >= 11 is 0. The first-order valence-electron chi connectivity index (χ1n) is 15.2. The van der Waals surface area contributed by atoms with Gasteiger partial charge in [-0.05, 0) is 48.6 Å². The number of methoxy groups -OCH3 is 3. The van der Waals surface area contributed by atoms with E-state index >= 15 is 0 Å². The van der Waals surface area contributed by atoms with Crippen LogP contribution < -0.4 is 15.0 Å². The summed E-state index contributed by atoms with van der Waals surface area (Å²) in [4.78, 5) is 2.40. The molecule has 4 atom stereocenters. The molecule has 2 aliphatic heterocycles. The molecule has 2 aromatic rings. The smallest absolute Gasteiger partial charge is 0.142 e. The number of piperidine rings is 1. The maximum Gasteiger partial charge on any atom is 0.142 e. The Hall–Kier alpha value is -2.24. The van der Waals surface area contributed by atoms with Gasteiger partial charge in [-0.1, -0.05) is 30.3 Å². The number of nitrogens with one attached hydrogen (secondary N) is 1. The van der Waals surface area contributed by atoms with Gasteiger partial charge in [0.25, 0.3) is 0 Å². The average Bonchev–Trinajstić information content (AvgIpc) is 3.02. The van der Waals surface area contributed by atoms with Gasteiger partial charge in [0.15, 0.2) is 0 Å². The Bertz CT molecular complexity index is 1040. The molecule has 2 aliphatic rings. The highest BCUT2D eigenvalue weighted by atomic mass is 16.5. The van der Waals surface area contributed by atoms with Crippen molar-refractivity contribution >= 4 is 5.69 Å². The molecular formula is C33H50N2O7. The molecule has 0 aromatic heterocycles. The average molecular weight is 587 g/mol. The summed E-state index contributed by atoms with van der Waals surface area (Å²) in [7, 11) is 5.15. The number of benzene rings is 2. The zero-order valence-corrected chi connectivity index (χ0v) is 25.8. The van der Waals surface area contributed by atoms with E-state index in [1.165, 1.54) is 16.8 Å². The molecule has 0 amide bonds. The van der Waals surface area contributed by atoms with Crippen LogP contribution in [0, 0.1) is 0 Å². The molecule has 2 heterocycles. The molecule has 0 spiro atoms. The van der Waals surface area contributed by atoms with Crippen LogP contribution >= 0.6 is 0 Å². The third kappa shape index (κ3) is 9.64. The van der Waals surface area contributed by atoms with Crippen LogP contribution in [-0.2, 0) is 41.4 Å². The number of fused-ring (bicyclic) bond motifs is 1. The predicted molar refractivity (Wildman–Crippen MR) is 164 cm³/mol. The number of rotatable bonds is 18. The highest BCUT2D eigenvalue weighted by molar-refractivity contribution is 5.61. The molecule has 1 saturated heterocycles. The fourth-order valence-corrected chi connectivity index (χ4v) is 5.55. The minimum Gasteiger partial charge on any atom is -0.490 e. The first kappa shape index (κ1) is 32.7. The van der Waals surface area contributed by atoms with Crippen molar-refractivity contribution in [3.8, 4) is 5.75 Å². The van der Waals surface area contributed by atoms with Crippen LogP contribution in [0.5, 0.6) is 5.75 Å². The topological polar surface area (TPSA) is 79.9 Å². The highest BCUT2D eigenvalue weighted by Crippen LogP contribution is 2.34.